The lowest BCUT2D eigenvalue weighted by Crippen LogP contribution is -2.18. The maximum atomic E-state index is 4.85. The van der Waals surface area contributed by atoms with Crippen LogP contribution >= 0.6 is 27.3 Å². The normalized spacial score (nSPS) is 17.1. The first-order valence-corrected chi connectivity index (χ1v) is 7.77. The summed E-state index contributed by atoms with van der Waals surface area (Å²) in [6.45, 7) is 9.07. The van der Waals surface area contributed by atoms with Crippen molar-refractivity contribution in [3.63, 3.8) is 0 Å². The van der Waals surface area contributed by atoms with Crippen molar-refractivity contribution in [1.82, 2.24) is 4.98 Å². The van der Waals surface area contributed by atoms with Gasteiger partial charge in [0.15, 0.2) is 5.13 Å². The van der Waals surface area contributed by atoms with Gasteiger partial charge in [0.05, 0.1) is 5.69 Å². The average Bonchev–Trinajstić information content (AvgIpc) is 2.85. The molecule has 2 nitrogen and oxygen atoms in total. The van der Waals surface area contributed by atoms with Crippen LogP contribution in [0.3, 0.4) is 0 Å². The van der Waals surface area contributed by atoms with E-state index in [9.17, 15) is 0 Å². The highest BCUT2D eigenvalue weighted by molar-refractivity contribution is 9.08. The third kappa shape index (κ3) is 2.43. The molecule has 0 atom stereocenters. The molecule has 2 rings (SSSR count). The van der Waals surface area contributed by atoms with Gasteiger partial charge >= 0.3 is 0 Å². The minimum Gasteiger partial charge on any atom is -0.348 e. The lowest BCUT2D eigenvalue weighted by atomic mass is 9.92. The summed E-state index contributed by atoms with van der Waals surface area (Å²) in [7, 11) is 0. The van der Waals surface area contributed by atoms with Gasteiger partial charge in [-0.3, -0.25) is 0 Å². The Morgan fingerprint density at radius 1 is 1.31 bits per heavy atom. The molecular weight excluding hydrogens is 284 g/mol. The van der Waals surface area contributed by atoms with Crippen molar-refractivity contribution in [2.75, 3.05) is 18.0 Å². The van der Waals surface area contributed by atoms with Crippen LogP contribution in [0.2, 0.25) is 0 Å². The van der Waals surface area contributed by atoms with E-state index in [4.69, 9.17) is 4.98 Å². The van der Waals surface area contributed by atoms with Gasteiger partial charge in [0.2, 0.25) is 0 Å². The molecule has 4 heteroatoms. The Bertz CT molecular complexity index is 362. The minimum atomic E-state index is 0.150. The zero-order valence-electron chi connectivity index (χ0n) is 10.2. The lowest BCUT2D eigenvalue weighted by Gasteiger charge is -2.17. The number of hydrogen-bond acceptors (Lipinski definition) is 3. The standard InChI is InChI=1S/C12H19BrN2S/c1-12(2,3)10-9(8-13)16-11(14-10)15-6-4-5-7-15/h4-8H2,1-3H3. The van der Waals surface area contributed by atoms with E-state index in [1.165, 1.54) is 41.6 Å². The molecule has 0 amide bonds. The Labute approximate surface area is 110 Å². The highest BCUT2D eigenvalue weighted by Crippen LogP contribution is 2.36. The number of rotatable bonds is 2. The van der Waals surface area contributed by atoms with E-state index in [-0.39, 0.29) is 5.41 Å². The van der Waals surface area contributed by atoms with Crippen molar-refractivity contribution in [3.05, 3.63) is 10.6 Å². The summed E-state index contributed by atoms with van der Waals surface area (Å²) in [5.41, 5.74) is 1.41. The molecule has 1 fully saturated rings. The second-order valence-electron chi connectivity index (χ2n) is 5.35. The van der Waals surface area contributed by atoms with Crippen molar-refractivity contribution in [3.8, 4) is 0 Å². The highest BCUT2D eigenvalue weighted by atomic mass is 79.9. The molecule has 16 heavy (non-hydrogen) atoms. The van der Waals surface area contributed by atoms with Crippen molar-refractivity contribution < 1.29 is 0 Å². The predicted molar refractivity (Wildman–Crippen MR) is 74.9 cm³/mol. The highest BCUT2D eigenvalue weighted by Gasteiger charge is 2.25. The maximum absolute atomic E-state index is 4.85. The van der Waals surface area contributed by atoms with Crippen LogP contribution in [-0.2, 0) is 10.7 Å². The second kappa shape index (κ2) is 4.65. The van der Waals surface area contributed by atoms with Crippen LogP contribution in [0.1, 0.15) is 44.2 Å². The molecule has 0 aromatic carbocycles. The third-order valence-corrected chi connectivity index (χ3v) is 4.94. The van der Waals surface area contributed by atoms with Gasteiger partial charge in [0.25, 0.3) is 0 Å². The van der Waals surface area contributed by atoms with Gasteiger partial charge in [-0.1, -0.05) is 36.7 Å². The number of nitrogens with zero attached hydrogens (tertiary/aromatic N) is 2. The Hall–Kier alpha value is -0.0900. The first-order valence-electron chi connectivity index (χ1n) is 5.83. The molecule has 1 aliphatic heterocycles. The molecule has 1 aliphatic rings. The molecule has 1 aromatic heterocycles. The number of thiazole rings is 1. The van der Waals surface area contributed by atoms with Crippen LogP contribution in [0.25, 0.3) is 0 Å². The third-order valence-electron chi connectivity index (χ3n) is 2.89. The second-order valence-corrected chi connectivity index (χ2v) is 6.97. The summed E-state index contributed by atoms with van der Waals surface area (Å²) in [4.78, 5) is 8.66. The monoisotopic (exact) mass is 302 g/mol. The largest absolute Gasteiger partial charge is 0.348 e. The molecule has 2 heterocycles. The zero-order valence-corrected chi connectivity index (χ0v) is 12.6. The lowest BCUT2D eigenvalue weighted by molar-refractivity contribution is 0.568. The number of alkyl halides is 1. The van der Waals surface area contributed by atoms with Gasteiger partial charge < -0.3 is 4.90 Å². The fraction of sp³-hybridized carbons (Fsp3) is 0.750. The van der Waals surface area contributed by atoms with Gasteiger partial charge in [0.1, 0.15) is 0 Å². The van der Waals surface area contributed by atoms with Gasteiger partial charge in [-0.2, -0.15) is 0 Å². The van der Waals surface area contributed by atoms with E-state index in [0.29, 0.717) is 0 Å². The fourth-order valence-electron chi connectivity index (χ4n) is 2.06. The Morgan fingerprint density at radius 2 is 1.94 bits per heavy atom. The van der Waals surface area contributed by atoms with Gasteiger partial charge in [0, 0.05) is 28.7 Å². The van der Waals surface area contributed by atoms with Crippen LogP contribution in [0.4, 0.5) is 5.13 Å². The number of aromatic nitrogens is 1. The van der Waals surface area contributed by atoms with E-state index in [2.05, 4.69) is 41.6 Å². The van der Waals surface area contributed by atoms with Crippen LogP contribution < -0.4 is 4.90 Å². The van der Waals surface area contributed by atoms with Crippen molar-refractivity contribution in [2.24, 2.45) is 0 Å². The summed E-state index contributed by atoms with van der Waals surface area (Å²) in [5.74, 6) is 0. The molecule has 0 radical (unpaired) electrons. The topological polar surface area (TPSA) is 16.1 Å². The predicted octanol–water partition coefficient (Wildman–Crippen LogP) is 3.94. The molecule has 90 valence electrons. The van der Waals surface area contributed by atoms with Crippen molar-refractivity contribution >= 4 is 32.4 Å². The van der Waals surface area contributed by atoms with Crippen LogP contribution in [0.15, 0.2) is 0 Å². The first-order chi connectivity index (χ1) is 7.52. The number of hydrogen-bond donors (Lipinski definition) is 0. The summed E-state index contributed by atoms with van der Waals surface area (Å²) < 4.78 is 0. The van der Waals surface area contributed by atoms with Gasteiger partial charge in [-0.15, -0.1) is 11.3 Å². The smallest absolute Gasteiger partial charge is 0.185 e. The summed E-state index contributed by atoms with van der Waals surface area (Å²) in [6.07, 6.45) is 2.63. The summed E-state index contributed by atoms with van der Waals surface area (Å²) in [6, 6.07) is 0. The van der Waals surface area contributed by atoms with E-state index in [0.717, 1.165) is 5.33 Å². The Morgan fingerprint density at radius 3 is 2.38 bits per heavy atom. The molecule has 0 N–H and O–H groups in total. The van der Waals surface area contributed by atoms with Crippen molar-refractivity contribution in [2.45, 2.75) is 44.4 Å². The Balaban J connectivity index is 2.31. The molecule has 0 bridgehead atoms. The molecule has 1 aromatic rings. The SMILES string of the molecule is CC(C)(C)c1nc(N2CCCC2)sc1CBr. The van der Waals surface area contributed by atoms with E-state index < -0.39 is 0 Å². The van der Waals surface area contributed by atoms with Gasteiger partial charge in [-0.25, -0.2) is 4.98 Å². The van der Waals surface area contributed by atoms with E-state index in [1.54, 1.807) is 0 Å². The fourth-order valence-corrected chi connectivity index (χ4v) is 3.84. The molecule has 0 aliphatic carbocycles. The van der Waals surface area contributed by atoms with Crippen molar-refractivity contribution in [1.29, 1.82) is 0 Å². The van der Waals surface area contributed by atoms with Crippen LogP contribution in [0.5, 0.6) is 0 Å². The molecule has 0 saturated carbocycles. The molecular formula is C12H19BrN2S. The first kappa shape index (κ1) is 12.4. The zero-order chi connectivity index (χ0) is 11.8. The number of halogens is 1. The Kier molecular flexibility index (Phi) is 3.59. The molecule has 1 saturated heterocycles. The summed E-state index contributed by atoms with van der Waals surface area (Å²) in [5, 5.41) is 2.14. The van der Waals surface area contributed by atoms with E-state index in [1.807, 2.05) is 11.3 Å². The molecule has 0 unspecified atom stereocenters. The quantitative estimate of drug-likeness (QED) is 0.769. The minimum absolute atomic E-state index is 0.150. The summed E-state index contributed by atoms with van der Waals surface area (Å²) >= 11 is 5.43. The van der Waals surface area contributed by atoms with E-state index >= 15 is 0 Å². The average molecular weight is 303 g/mol. The maximum Gasteiger partial charge on any atom is 0.185 e. The van der Waals surface area contributed by atoms with Crippen LogP contribution in [-0.4, -0.2) is 18.1 Å². The van der Waals surface area contributed by atoms with Gasteiger partial charge in [-0.05, 0) is 12.8 Å². The number of anilines is 1. The molecule has 0 spiro atoms. The van der Waals surface area contributed by atoms with Crippen LogP contribution in [0, 0.1) is 0 Å².